The van der Waals surface area contributed by atoms with E-state index in [0.717, 1.165) is 0 Å². The van der Waals surface area contributed by atoms with Crippen LogP contribution < -0.4 is 0 Å². The Bertz CT molecular complexity index is 346. The highest BCUT2D eigenvalue weighted by molar-refractivity contribution is 5.84. The first-order chi connectivity index (χ1) is 15.1. The Morgan fingerprint density at radius 2 is 0.710 bits per heavy atom. The zero-order valence-electron chi connectivity index (χ0n) is 18.6. The molecule has 0 bridgehead atoms. The van der Waals surface area contributed by atoms with E-state index in [0.29, 0.717) is 92.5 Å². The maximum Gasteiger partial charge on any atom is 0.330 e. The molecular formula is C20H40O11. The lowest BCUT2D eigenvalue weighted by Gasteiger charge is -2.08. The zero-order valence-corrected chi connectivity index (χ0v) is 18.6. The molecule has 186 valence electrons. The second-order valence-electron chi connectivity index (χ2n) is 5.82. The van der Waals surface area contributed by atoms with Crippen LogP contribution in [-0.4, -0.2) is 127 Å². The highest BCUT2D eigenvalue weighted by atomic mass is 16.6. The Kier molecular flexibility index (Phi) is 29.8. The number of hydrogen-bond donors (Lipinski definition) is 3. The van der Waals surface area contributed by atoms with Crippen molar-refractivity contribution in [2.45, 2.75) is 6.92 Å². The highest BCUT2D eigenvalue weighted by Crippen LogP contribution is 1.85. The Morgan fingerprint density at radius 3 is 0.839 bits per heavy atom. The molecule has 0 unspecified atom stereocenters. The molecular weight excluding hydrogens is 416 g/mol. The van der Waals surface area contributed by atoms with Crippen molar-refractivity contribution in [3.05, 3.63) is 12.2 Å². The molecule has 0 amide bonds. The van der Waals surface area contributed by atoms with Gasteiger partial charge in [0.25, 0.3) is 0 Å². The van der Waals surface area contributed by atoms with Gasteiger partial charge in [0, 0.05) is 5.57 Å². The minimum absolute atomic E-state index is 0.0312. The largest absolute Gasteiger partial charge is 0.478 e. The summed E-state index contributed by atoms with van der Waals surface area (Å²) >= 11 is 0. The number of rotatable bonds is 23. The van der Waals surface area contributed by atoms with E-state index in [1.54, 1.807) is 0 Å². The van der Waals surface area contributed by atoms with Crippen LogP contribution in [0.1, 0.15) is 6.92 Å². The highest BCUT2D eigenvalue weighted by Gasteiger charge is 1.94. The predicted molar refractivity (Wildman–Crippen MR) is 112 cm³/mol. The fourth-order valence-corrected chi connectivity index (χ4v) is 1.55. The Hall–Kier alpha value is -1.15. The molecule has 0 fully saturated rings. The van der Waals surface area contributed by atoms with E-state index in [1.165, 1.54) is 6.92 Å². The molecule has 0 aromatic carbocycles. The van der Waals surface area contributed by atoms with Crippen molar-refractivity contribution in [2.24, 2.45) is 0 Å². The van der Waals surface area contributed by atoms with E-state index in [9.17, 15) is 4.79 Å². The van der Waals surface area contributed by atoms with Crippen LogP contribution in [0.5, 0.6) is 0 Å². The fraction of sp³-hybridized carbons (Fsp3) is 0.850. The van der Waals surface area contributed by atoms with Gasteiger partial charge in [0.2, 0.25) is 0 Å². The number of hydrogen-bond acceptors (Lipinski definition) is 10. The van der Waals surface area contributed by atoms with Crippen LogP contribution >= 0.6 is 0 Å². The smallest absolute Gasteiger partial charge is 0.330 e. The third-order valence-electron chi connectivity index (χ3n) is 3.07. The Labute approximate surface area is 184 Å². The second-order valence-corrected chi connectivity index (χ2v) is 5.82. The summed E-state index contributed by atoms with van der Waals surface area (Å²) in [6.07, 6.45) is 0. The molecule has 0 rings (SSSR count). The van der Waals surface area contributed by atoms with Gasteiger partial charge < -0.3 is 48.5 Å². The van der Waals surface area contributed by atoms with Crippen LogP contribution in [0.2, 0.25) is 0 Å². The average Bonchev–Trinajstić information content (AvgIpc) is 2.75. The molecule has 0 aliphatic heterocycles. The minimum atomic E-state index is -0.935. The van der Waals surface area contributed by atoms with Gasteiger partial charge in [-0.25, -0.2) is 4.79 Å². The normalized spacial score (nSPS) is 10.5. The van der Waals surface area contributed by atoms with Gasteiger partial charge in [-0.05, 0) is 6.92 Å². The van der Waals surface area contributed by atoms with E-state index < -0.39 is 5.97 Å². The van der Waals surface area contributed by atoms with E-state index >= 15 is 0 Å². The molecule has 0 heterocycles. The fourth-order valence-electron chi connectivity index (χ4n) is 1.55. The van der Waals surface area contributed by atoms with Crippen LogP contribution in [0.4, 0.5) is 0 Å². The quantitative estimate of drug-likeness (QED) is 0.138. The molecule has 11 heteroatoms. The standard InChI is InChI=1S/C16H34O9.C4H6O2/c17-1-3-19-5-7-21-9-11-23-13-15-25-16-14-24-12-10-22-8-6-20-4-2-18;1-3(2)4(5)6/h17-18H,1-16H2;1H2,2H3,(H,5,6). The summed E-state index contributed by atoms with van der Waals surface area (Å²) in [6.45, 7) is 11.4. The van der Waals surface area contributed by atoms with Crippen LogP contribution in [0.25, 0.3) is 0 Å². The third kappa shape index (κ3) is 33.7. The van der Waals surface area contributed by atoms with Crippen LogP contribution in [0.3, 0.4) is 0 Å². The third-order valence-corrected chi connectivity index (χ3v) is 3.07. The van der Waals surface area contributed by atoms with Crippen molar-refractivity contribution >= 4 is 5.97 Å². The molecule has 0 spiro atoms. The minimum Gasteiger partial charge on any atom is -0.478 e. The summed E-state index contributed by atoms with van der Waals surface area (Å²) < 4.78 is 36.7. The van der Waals surface area contributed by atoms with Gasteiger partial charge in [0.05, 0.1) is 106 Å². The van der Waals surface area contributed by atoms with Crippen molar-refractivity contribution in [3.8, 4) is 0 Å². The first kappa shape index (κ1) is 32.0. The van der Waals surface area contributed by atoms with Gasteiger partial charge in [-0.3, -0.25) is 0 Å². The van der Waals surface area contributed by atoms with Crippen LogP contribution in [0.15, 0.2) is 12.2 Å². The summed E-state index contributed by atoms with van der Waals surface area (Å²) in [5.41, 5.74) is 0.176. The topological polar surface area (TPSA) is 142 Å². The first-order valence-electron chi connectivity index (χ1n) is 10.2. The van der Waals surface area contributed by atoms with Crippen LogP contribution in [0, 0.1) is 0 Å². The van der Waals surface area contributed by atoms with Crippen molar-refractivity contribution in [3.63, 3.8) is 0 Å². The number of carboxylic acids is 1. The molecule has 0 atom stereocenters. The van der Waals surface area contributed by atoms with Gasteiger partial charge in [-0.2, -0.15) is 0 Å². The Balaban J connectivity index is 0. The lowest BCUT2D eigenvalue weighted by molar-refractivity contribution is -0.132. The van der Waals surface area contributed by atoms with Crippen molar-refractivity contribution in [1.82, 2.24) is 0 Å². The molecule has 0 saturated heterocycles. The van der Waals surface area contributed by atoms with Crippen molar-refractivity contribution < 1.29 is 53.3 Å². The number of carboxylic acid groups (broad SMARTS) is 1. The summed E-state index contributed by atoms with van der Waals surface area (Å²) in [6, 6.07) is 0. The maximum absolute atomic E-state index is 9.60. The average molecular weight is 457 g/mol. The molecule has 0 aromatic heterocycles. The molecule has 0 aliphatic rings. The molecule has 31 heavy (non-hydrogen) atoms. The van der Waals surface area contributed by atoms with E-state index in [-0.39, 0.29) is 18.8 Å². The van der Waals surface area contributed by atoms with Gasteiger partial charge in [-0.1, -0.05) is 6.58 Å². The van der Waals surface area contributed by atoms with Crippen molar-refractivity contribution in [1.29, 1.82) is 0 Å². The first-order valence-corrected chi connectivity index (χ1v) is 10.2. The predicted octanol–water partition coefficient (Wildman–Crippen LogP) is -0.266. The number of aliphatic hydroxyl groups excluding tert-OH is 2. The summed E-state index contributed by atoms with van der Waals surface area (Å²) in [5.74, 6) is -0.935. The lowest BCUT2D eigenvalue weighted by Crippen LogP contribution is -2.14. The SMILES string of the molecule is C=C(C)C(=O)O.OCCOCCOCCOCCOCCOCCOCCOCCO. The summed E-state index contributed by atoms with van der Waals surface area (Å²) in [4.78, 5) is 9.60. The lowest BCUT2D eigenvalue weighted by atomic mass is 10.4. The number of carbonyl (C=O) groups is 1. The molecule has 3 N–H and O–H groups in total. The summed E-state index contributed by atoms with van der Waals surface area (Å²) in [5, 5.41) is 24.9. The second kappa shape index (κ2) is 28.9. The van der Waals surface area contributed by atoms with Gasteiger partial charge in [-0.15, -0.1) is 0 Å². The molecule has 0 aromatic rings. The van der Waals surface area contributed by atoms with Gasteiger partial charge in [0.1, 0.15) is 0 Å². The molecule has 0 aliphatic carbocycles. The molecule has 0 radical (unpaired) electrons. The summed E-state index contributed by atoms with van der Waals surface area (Å²) in [7, 11) is 0. The van der Waals surface area contributed by atoms with Gasteiger partial charge in [0.15, 0.2) is 0 Å². The van der Waals surface area contributed by atoms with E-state index in [2.05, 4.69) is 6.58 Å². The maximum atomic E-state index is 9.60. The van der Waals surface area contributed by atoms with E-state index in [1.807, 2.05) is 0 Å². The number of aliphatic hydroxyl groups is 2. The monoisotopic (exact) mass is 456 g/mol. The number of ether oxygens (including phenoxy) is 7. The molecule has 11 nitrogen and oxygen atoms in total. The number of aliphatic carboxylic acids is 1. The van der Waals surface area contributed by atoms with E-state index in [4.69, 9.17) is 48.5 Å². The zero-order chi connectivity index (χ0) is 23.4. The van der Waals surface area contributed by atoms with Gasteiger partial charge >= 0.3 is 5.97 Å². The van der Waals surface area contributed by atoms with Crippen molar-refractivity contribution in [2.75, 3.05) is 106 Å². The van der Waals surface area contributed by atoms with Crippen LogP contribution in [-0.2, 0) is 38.0 Å². The molecule has 0 saturated carbocycles. The Morgan fingerprint density at radius 1 is 0.548 bits per heavy atom.